The average Bonchev–Trinajstić information content (AvgIpc) is 3.85. The molecular weight excluding hydrogens is 674 g/mol. The van der Waals surface area contributed by atoms with Gasteiger partial charge in [-0.1, -0.05) is 24.3 Å². The molecule has 11 nitrogen and oxygen atoms in total. The van der Waals surface area contributed by atoms with Gasteiger partial charge in [0.05, 0.1) is 39.8 Å². The molecule has 4 heterocycles. The standard InChI is InChI=1S/C42H37N3O8/c1-44-37-25(9-7-21-15-31-33(17-27(21)37)52-19-50-31)23-11-13-29(46-3)39(48-5)35(23)41(44)43-42-36-24(12-14-30(47-4)40(36)49-6)26-10-8-22-16-32-34(53-20-51-32)18-28(22)38(26)45(42)2/h7-18,41-43H,19-20H2,1-6H3/t41-,42-/m1/s1. The van der Waals surface area contributed by atoms with Gasteiger partial charge in [-0.05, 0) is 70.4 Å². The minimum absolute atomic E-state index is 0.199. The summed E-state index contributed by atoms with van der Waals surface area (Å²) in [6, 6.07) is 25.0. The molecule has 0 radical (unpaired) electrons. The Balaban J connectivity index is 1.22. The van der Waals surface area contributed by atoms with Gasteiger partial charge in [-0.2, -0.15) is 0 Å². The number of nitrogens with one attached hydrogen (secondary N) is 1. The molecule has 2 atom stereocenters. The predicted octanol–water partition coefficient (Wildman–Crippen LogP) is 8.01. The van der Waals surface area contributed by atoms with Crippen LogP contribution in [0.2, 0.25) is 0 Å². The molecular formula is C42H37N3O8. The molecule has 0 saturated heterocycles. The third-order valence-corrected chi connectivity index (χ3v) is 11.1. The Morgan fingerprint density at radius 2 is 0.906 bits per heavy atom. The van der Waals surface area contributed by atoms with E-state index < -0.39 is 12.3 Å². The monoisotopic (exact) mass is 711 g/mol. The first-order chi connectivity index (χ1) is 25.9. The van der Waals surface area contributed by atoms with Gasteiger partial charge in [-0.25, -0.2) is 0 Å². The Morgan fingerprint density at radius 3 is 1.30 bits per heavy atom. The molecule has 0 fully saturated rings. The molecule has 53 heavy (non-hydrogen) atoms. The van der Waals surface area contributed by atoms with Crippen LogP contribution < -0.4 is 53.0 Å². The maximum Gasteiger partial charge on any atom is 0.231 e. The van der Waals surface area contributed by atoms with Crippen molar-refractivity contribution in [3.05, 3.63) is 83.9 Å². The van der Waals surface area contributed by atoms with Crippen LogP contribution in [0.25, 0.3) is 43.8 Å². The minimum atomic E-state index is -0.424. The molecule has 0 aromatic heterocycles. The van der Waals surface area contributed by atoms with Gasteiger partial charge in [-0.15, -0.1) is 0 Å². The third kappa shape index (κ3) is 4.37. The first kappa shape index (κ1) is 31.5. The van der Waals surface area contributed by atoms with Crippen LogP contribution in [0.3, 0.4) is 0 Å². The number of anilines is 2. The zero-order chi connectivity index (χ0) is 36.1. The number of rotatable bonds is 6. The van der Waals surface area contributed by atoms with Gasteiger partial charge < -0.3 is 47.7 Å². The van der Waals surface area contributed by atoms with Gasteiger partial charge in [0.25, 0.3) is 0 Å². The number of benzene rings is 6. The molecule has 0 saturated carbocycles. The Hall–Kier alpha value is -6.20. The Labute approximate surface area is 306 Å². The zero-order valence-corrected chi connectivity index (χ0v) is 30.2. The van der Waals surface area contributed by atoms with Gasteiger partial charge in [0, 0.05) is 47.1 Å². The highest BCUT2D eigenvalue weighted by Crippen LogP contribution is 2.57. The molecule has 4 aliphatic heterocycles. The van der Waals surface area contributed by atoms with Gasteiger partial charge >= 0.3 is 0 Å². The van der Waals surface area contributed by atoms with Gasteiger partial charge in [0.15, 0.2) is 46.0 Å². The highest BCUT2D eigenvalue weighted by atomic mass is 16.7. The summed E-state index contributed by atoms with van der Waals surface area (Å²) in [5.74, 6) is 5.53. The van der Waals surface area contributed by atoms with Crippen molar-refractivity contribution in [2.75, 3.05) is 65.9 Å². The summed E-state index contributed by atoms with van der Waals surface area (Å²) >= 11 is 0. The van der Waals surface area contributed by atoms with Crippen LogP contribution in [-0.4, -0.2) is 56.1 Å². The maximum absolute atomic E-state index is 6.19. The van der Waals surface area contributed by atoms with E-state index in [0.29, 0.717) is 23.0 Å². The van der Waals surface area contributed by atoms with Crippen molar-refractivity contribution in [3.63, 3.8) is 0 Å². The van der Waals surface area contributed by atoms with E-state index in [2.05, 4.69) is 77.7 Å². The molecule has 0 amide bonds. The van der Waals surface area contributed by atoms with Crippen molar-refractivity contribution in [2.24, 2.45) is 0 Å². The van der Waals surface area contributed by atoms with Crippen LogP contribution in [-0.2, 0) is 0 Å². The number of ether oxygens (including phenoxy) is 8. The largest absolute Gasteiger partial charge is 0.493 e. The first-order valence-corrected chi connectivity index (χ1v) is 17.4. The van der Waals surface area contributed by atoms with E-state index >= 15 is 0 Å². The van der Waals surface area contributed by atoms with Crippen molar-refractivity contribution in [3.8, 4) is 68.2 Å². The van der Waals surface area contributed by atoms with Crippen molar-refractivity contribution in [1.82, 2.24) is 5.32 Å². The van der Waals surface area contributed by atoms with Crippen LogP contribution in [0.1, 0.15) is 23.5 Å². The SMILES string of the molecule is COc1ccc2c(c1OC)[C@H](N[C@H]1c3c(ccc(OC)c3OC)-c3ccc4cc5c(cc4c3N1C)OCO5)N(C)c1c-2ccc2cc3c(cc12)OCO3. The lowest BCUT2D eigenvalue weighted by molar-refractivity contribution is 0.173. The summed E-state index contributed by atoms with van der Waals surface area (Å²) in [5, 5.41) is 8.30. The van der Waals surface area contributed by atoms with Crippen molar-refractivity contribution in [2.45, 2.75) is 12.3 Å². The Kier molecular flexibility index (Phi) is 6.93. The lowest BCUT2D eigenvalue weighted by Gasteiger charge is -2.45. The second-order valence-corrected chi connectivity index (χ2v) is 13.5. The van der Waals surface area contributed by atoms with Crippen LogP contribution in [0, 0.1) is 0 Å². The summed E-state index contributed by atoms with van der Waals surface area (Å²) in [7, 11) is 10.9. The second kappa shape index (κ2) is 11.7. The molecule has 4 aliphatic rings. The second-order valence-electron chi connectivity index (χ2n) is 13.5. The summed E-state index contributed by atoms with van der Waals surface area (Å²) in [6.07, 6.45) is -0.848. The van der Waals surface area contributed by atoms with E-state index in [1.54, 1.807) is 28.4 Å². The maximum atomic E-state index is 6.19. The summed E-state index contributed by atoms with van der Waals surface area (Å²) in [6.45, 7) is 0.398. The van der Waals surface area contributed by atoms with Crippen LogP contribution in [0.4, 0.5) is 11.4 Å². The number of fused-ring (bicyclic) bond motifs is 12. The van der Waals surface area contributed by atoms with Gasteiger partial charge in [-0.3, -0.25) is 5.32 Å². The average molecular weight is 712 g/mol. The molecule has 0 spiro atoms. The fourth-order valence-corrected chi connectivity index (χ4v) is 8.69. The van der Waals surface area contributed by atoms with Crippen LogP contribution in [0.15, 0.2) is 72.8 Å². The van der Waals surface area contributed by atoms with Crippen LogP contribution >= 0.6 is 0 Å². The molecule has 0 aliphatic carbocycles. The van der Waals surface area contributed by atoms with E-state index in [1.165, 1.54) is 0 Å². The molecule has 6 aromatic rings. The number of methoxy groups -OCH3 is 4. The van der Waals surface area contributed by atoms with Crippen molar-refractivity contribution >= 4 is 32.9 Å². The molecule has 0 bridgehead atoms. The fourth-order valence-electron chi connectivity index (χ4n) is 8.69. The molecule has 10 rings (SSSR count). The zero-order valence-electron chi connectivity index (χ0n) is 30.2. The van der Waals surface area contributed by atoms with Gasteiger partial charge in [0.2, 0.25) is 13.6 Å². The van der Waals surface area contributed by atoms with E-state index in [4.69, 9.17) is 37.9 Å². The number of nitrogens with zero attached hydrogens (tertiary/aromatic N) is 2. The summed E-state index contributed by atoms with van der Waals surface area (Å²) in [5.41, 5.74) is 8.19. The molecule has 0 unspecified atom stereocenters. The fraction of sp³-hybridized carbons (Fsp3) is 0.238. The summed E-state index contributed by atoms with van der Waals surface area (Å²) in [4.78, 5) is 4.56. The number of hydrogen-bond donors (Lipinski definition) is 1. The third-order valence-electron chi connectivity index (χ3n) is 11.1. The van der Waals surface area contributed by atoms with E-state index in [-0.39, 0.29) is 13.6 Å². The topological polar surface area (TPSA) is 92.4 Å². The van der Waals surface area contributed by atoms with E-state index in [1.807, 2.05) is 24.3 Å². The predicted molar refractivity (Wildman–Crippen MR) is 203 cm³/mol. The lowest BCUT2D eigenvalue weighted by Crippen LogP contribution is -2.47. The summed E-state index contributed by atoms with van der Waals surface area (Å²) < 4.78 is 47.4. The van der Waals surface area contributed by atoms with E-state index in [0.717, 1.165) is 89.3 Å². The quantitative estimate of drug-likeness (QED) is 0.182. The normalized spacial score (nSPS) is 17.3. The first-order valence-electron chi connectivity index (χ1n) is 17.4. The van der Waals surface area contributed by atoms with Crippen molar-refractivity contribution < 1.29 is 37.9 Å². The molecule has 11 heteroatoms. The molecule has 1 N–H and O–H groups in total. The molecule has 268 valence electrons. The van der Waals surface area contributed by atoms with Crippen LogP contribution in [0.5, 0.6) is 46.0 Å². The highest BCUT2D eigenvalue weighted by Gasteiger charge is 2.41. The Morgan fingerprint density at radius 1 is 0.509 bits per heavy atom. The molecule has 6 aromatic carbocycles. The highest BCUT2D eigenvalue weighted by molar-refractivity contribution is 6.07. The smallest absolute Gasteiger partial charge is 0.231 e. The van der Waals surface area contributed by atoms with Gasteiger partial charge in [0.1, 0.15) is 12.3 Å². The van der Waals surface area contributed by atoms with Crippen molar-refractivity contribution in [1.29, 1.82) is 0 Å². The lowest BCUT2D eigenvalue weighted by atomic mass is 9.86. The Bertz CT molecular complexity index is 2350. The minimum Gasteiger partial charge on any atom is -0.493 e. The number of hydrogen-bond acceptors (Lipinski definition) is 11. The van der Waals surface area contributed by atoms with E-state index in [9.17, 15) is 0 Å².